The molecule has 0 aromatic carbocycles. The summed E-state index contributed by atoms with van der Waals surface area (Å²) in [5.74, 6) is -1.07. The van der Waals surface area contributed by atoms with Gasteiger partial charge in [0, 0.05) is 6.42 Å². The van der Waals surface area contributed by atoms with Gasteiger partial charge in [0.05, 0.1) is 0 Å². The van der Waals surface area contributed by atoms with Crippen molar-refractivity contribution in [3.8, 4) is 0 Å². The van der Waals surface area contributed by atoms with Gasteiger partial charge in [-0.25, -0.2) is 4.79 Å². The van der Waals surface area contributed by atoms with E-state index in [-0.39, 0.29) is 5.92 Å². The molecule has 0 aliphatic rings. The van der Waals surface area contributed by atoms with E-state index in [4.69, 9.17) is 10.5 Å². The highest BCUT2D eigenvalue weighted by atomic mass is 16.6. The SMILES string of the molecule is CCCCCCCC/C=C\CCCCCCCCCCCC(=O)OC(=O)C(N)C(C)C. The van der Waals surface area contributed by atoms with Gasteiger partial charge in [-0.3, -0.25) is 4.79 Å². The molecule has 182 valence electrons. The Balaban J connectivity index is 3.32. The second-order valence-electron chi connectivity index (χ2n) is 9.31. The van der Waals surface area contributed by atoms with Crippen molar-refractivity contribution in [3.63, 3.8) is 0 Å². The molecule has 0 saturated heterocycles. The Bertz CT molecular complexity index is 459. The van der Waals surface area contributed by atoms with Crippen molar-refractivity contribution < 1.29 is 14.3 Å². The molecule has 4 nitrogen and oxygen atoms in total. The van der Waals surface area contributed by atoms with Crippen LogP contribution in [0, 0.1) is 5.92 Å². The first kappa shape index (κ1) is 29.8. The van der Waals surface area contributed by atoms with Gasteiger partial charge < -0.3 is 10.5 Å². The lowest BCUT2D eigenvalue weighted by molar-refractivity contribution is -0.161. The average Bonchev–Trinajstić information content (AvgIpc) is 2.74. The van der Waals surface area contributed by atoms with E-state index in [0.717, 1.165) is 19.3 Å². The first-order chi connectivity index (χ1) is 15.0. The van der Waals surface area contributed by atoms with E-state index in [9.17, 15) is 9.59 Å². The Kier molecular flexibility index (Phi) is 21.2. The molecular formula is C27H51NO3. The smallest absolute Gasteiger partial charge is 0.330 e. The predicted molar refractivity (Wildman–Crippen MR) is 132 cm³/mol. The summed E-state index contributed by atoms with van der Waals surface area (Å²) in [6.45, 7) is 5.95. The number of nitrogens with two attached hydrogens (primary N) is 1. The zero-order chi connectivity index (χ0) is 23.2. The van der Waals surface area contributed by atoms with Crippen molar-refractivity contribution in [3.05, 3.63) is 12.2 Å². The number of rotatable bonds is 21. The van der Waals surface area contributed by atoms with Crippen molar-refractivity contribution in [1.82, 2.24) is 0 Å². The molecule has 2 N–H and O–H groups in total. The lowest BCUT2D eigenvalue weighted by Gasteiger charge is -2.13. The summed E-state index contributed by atoms with van der Waals surface area (Å²) in [6, 6.07) is -0.718. The fourth-order valence-electron chi connectivity index (χ4n) is 3.55. The first-order valence-electron chi connectivity index (χ1n) is 13.1. The van der Waals surface area contributed by atoms with Crippen LogP contribution in [0.5, 0.6) is 0 Å². The van der Waals surface area contributed by atoms with E-state index in [2.05, 4.69) is 19.1 Å². The summed E-state index contributed by atoms with van der Waals surface area (Å²) < 4.78 is 4.80. The molecule has 0 rings (SSSR count). The topological polar surface area (TPSA) is 69.4 Å². The molecule has 0 aromatic rings. The Morgan fingerprint density at radius 1 is 0.710 bits per heavy atom. The van der Waals surface area contributed by atoms with Crippen molar-refractivity contribution in [2.24, 2.45) is 11.7 Å². The van der Waals surface area contributed by atoms with Crippen LogP contribution >= 0.6 is 0 Å². The predicted octanol–water partition coefficient (Wildman–Crippen LogP) is 7.64. The van der Waals surface area contributed by atoms with E-state index in [1.165, 1.54) is 89.9 Å². The van der Waals surface area contributed by atoms with Crippen LogP contribution in [0.25, 0.3) is 0 Å². The average molecular weight is 438 g/mol. The van der Waals surface area contributed by atoms with Crippen molar-refractivity contribution in [2.45, 2.75) is 142 Å². The third kappa shape index (κ3) is 20.5. The van der Waals surface area contributed by atoms with Crippen molar-refractivity contribution >= 4 is 11.9 Å². The van der Waals surface area contributed by atoms with Gasteiger partial charge in [0.1, 0.15) is 6.04 Å². The number of allylic oxidation sites excluding steroid dienone is 2. The number of hydrogen-bond acceptors (Lipinski definition) is 4. The molecule has 0 fully saturated rings. The summed E-state index contributed by atoms with van der Waals surface area (Å²) in [4.78, 5) is 23.3. The lowest BCUT2D eigenvalue weighted by atomic mass is 10.1. The van der Waals surface area contributed by atoms with Crippen LogP contribution in [0.15, 0.2) is 12.2 Å². The molecule has 0 aromatic heterocycles. The van der Waals surface area contributed by atoms with E-state index in [1.807, 2.05) is 13.8 Å². The largest absolute Gasteiger partial charge is 0.392 e. The normalized spacial score (nSPS) is 12.5. The highest BCUT2D eigenvalue weighted by Gasteiger charge is 2.21. The van der Waals surface area contributed by atoms with E-state index in [1.54, 1.807) is 0 Å². The molecule has 0 bridgehead atoms. The molecule has 0 saturated carbocycles. The van der Waals surface area contributed by atoms with Crippen LogP contribution in [0.3, 0.4) is 0 Å². The van der Waals surface area contributed by atoms with Crippen LogP contribution in [-0.2, 0) is 14.3 Å². The molecule has 1 atom stereocenters. The second kappa shape index (κ2) is 22.0. The Hall–Kier alpha value is -1.16. The molecule has 0 amide bonds. The minimum absolute atomic E-state index is 0.0216. The van der Waals surface area contributed by atoms with Gasteiger partial charge in [0.2, 0.25) is 0 Å². The van der Waals surface area contributed by atoms with Crippen LogP contribution in [0.1, 0.15) is 136 Å². The maximum Gasteiger partial charge on any atom is 0.330 e. The van der Waals surface area contributed by atoms with Gasteiger partial charge >= 0.3 is 11.9 Å². The third-order valence-electron chi connectivity index (χ3n) is 5.85. The number of carbonyl (C=O) groups is 2. The number of ether oxygens (including phenoxy) is 1. The number of hydrogen-bond donors (Lipinski definition) is 1. The van der Waals surface area contributed by atoms with Gasteiger partial charge in [-0.15, -0.1) is 0 Å². The molecule has 0 spiro atoms. The van der Waals surface area contributed by atoms with Gasteiger partial charge in [0.15, 0.2) is 0 Å². The summed E-state index contributed by atoms with van der Waals surface area (Å²) in [5, 5.41) is 0. The van der Waals surface area contributed by atoms with Gasteiger partial charge in [0.25, 0.3) is 0 Å². The highest BCUT2D eigenvalue weighted by Crippen LogP contribution is 2.13. The molecule has 31 heavy (non-hydrogen) atoms. The van der Waals surface area contributed by atoms with E-state index < -0.39 is 18.0 Å². The molecule has 0 radical (unpaired) electrons. The first-order valence-corrected chi connectivity index (χ1v) is 13.1. The summed E-state index contributed by atoms with van der Waals surface area (Å²) in [6.07, 6.45) is 26.6. The number of esters is 2. The number of unbranched alkanes of at least 4 members (excludes halogenated alkanes) is 15. The minimum atomic E-state index is -0.718. The van der Waals surface area contributed by atoms with Gasteiger partial charge in [-0.2, -0.15) is 0 Å². The minimum Gasteiger partial charge on any atom is -0.392 e. The van der Waals surface area contributed by atoms with Crippen molar-refractivity contribution in [2.75, 3.05) is 0 Å². The molecule has 1 unspecified atom stereocenters. The van der Waals surface area contributed by atoms with Crippen molar-refractivity contribution in [1.29, 1.82) is 0 Å². The zero-order valence-corrected chi connectivity index (χ0v) is 20.8. The molecule has 4 heteroatoms. The van der Waals surface area contributed by atoms with Gasteiger partial charge in [-0.05, 0) is 38.0 Å². The van der Waals surface area contributed by atoms with Crippen LogP contribution < -0.4 is 5.73 Å². The summed E-state index contributed by atoms with van der Waals surface area (Å²) in [7, 11) is 0. The Labute approximate surface area is 192 Å². The van der Waals surface area contributed by atoms with E-state index >= 15 is 0 Å². The Morgan fingerprint density at radius 2 is 1.13 bits per heavy atom. The fourth-order valence-corrected chi connectivity index (χ4v) is 3.55. The molecule has 0 aliphatic carbocycles. The monoisotopic (exact) mass is 437 g/mol. The highest BCUT2D eigenvalue weighted by molar-refractivity contribution is 5.88. The third-order valence-corrected chi connectivity index (χ3v) is 5.85. The van der Waals surface area contributed by atoms with Crippen LogP contribution in [0.2, 0.25) is 0 Å². The van der Waals surface area contributed by atoms with Crippen LogP contribution in [0.4, 0.5) is 0 Å². The second-order valence-corrected chi connectivity index (χ2v) is 9.31. The molecule has 0 aliphatic heterocycles. The van der Waals surface area contributed by atoms with Crippen LogP contribution in [-0.4, -0.2) is 18.0 Å². The Morgan fingerprint density at radius 3 is 1.58 bits per heavy atom. The fraction of sp³-hybridized carbons (Fsp3) is 0.852. The molecule has 0 heterocycles. The number of carbonyl (C=O) groups excluding carboxylic acids is 2. The maximum atomic E-state index is 11.7. The summed E-state index contributed by atoms with van der Waals surface area (Å²) in [5.41, 5.74) is 5.68. The molecular weight excluding hydrogens is 386 g/mol. The quantitative estimate of drug-likeness (QED) is 0.0866. The summed E-state index contributed by atoms with van der Waals surface area (Å²) >= 11 is 0. The standard InChI is InChI=1S/C27H51NO3/c1-4-5-6-7-8-9-10-11-12-13-14-15-16-17-18-19-20-21-22-23-25(29)31-27(30)26(28)24(2)3/h11-12,24,26H,4-10,13-23,28H2,1-3H3/b12-11-. The van der Waals surface area contributed by atoms with Gasteiger partial charge in [-0.1, -0.05) is 110 Å². The zero-order valence-electron chi connectivity index (χ0n) is 20.8. The lowest BCUT2D eigenvalue weighted by Crippen LogP contribution is -2.38. The maximum absolute atomic E-state index is 11.7. The van der Waals surface area contributed by atoms with E-state index in [0.29, 0.717) is 6.42 Å².